The molecule has 9 rings (SSSR count). The quantitative estimate of drug-likeness (QED) is 0.0267. The first-order valence-electron chi connectivity index (χ1n) is 28.6. The topological polar surface area (TPSA) is 205 Å². The zero-order chi connectivity index (χ0) is 61.3. The Hall–Kier alpha value is -6.33. The largest absolute Gasteiger partial charge is 0.475 e. The molecule has 18 nitrogen and oxygen atoms in total. The summed E-state index contributed by atoms with van der Waals surface area (Å²) < 4.78 is 147. The van der Waals surface area contributed by atoms with Crippen LogP contribution in [0.1, 0.15) is 70.7 Å². The van der Waals surface area contributed by atoms with Crippen molar-refractivity contribution in [3.8, 4) is 0 Å². The van der Waals surface area contributed by atoms with Crippen LogP contribution in [0.15, 0.2) is 243 Å². The Morgan fingerprint density at radius 3 is 0.739 bits per heavy atom. The molecular weight excluding hydrogens is 1200 g/mol. The second-order valence-electron chi connectivity index (χ2n) is 20.2. The van der Waals surface area contributed by atoms with E-state index in [1.54, 1.807) is 250 Å². The van der Waals surface area contributed by atoms with Gasteiger partial charge in [-0.15, -0.1) is 0 Å². The lowest BCUT2D eigenvalue weighted by molar-refractivity contribution is -0.190. The van der Waals surface area contributed by atoms with Gasteiger partial charge in [-0.3, -0.25) is 59.1 Å². The Morgan fingerprint density at radius 2 is 0.511 bits per heavy atom. The van der Waals surface area contributed by atoms with Crippen molar-refractivity contribution in [1.82, 2.24) is 0 Å². The lowest BCUT2D eigenvalue weighted by atomic mass is 9.87. The summed E-state index contributed by atoms with van der Waals surface area (Å²) in [6.45, 7) is -1.03. The first kappa shape index (κ1) is 66.1. The summed E-state index contributed by atoms with van der Waals surface area (Å²) in [5, 5.41) is 0. The Morgan fingerprint density at radius 1 is 0.307 bits per heavy atom. The van der Waals surface area contributed by atoms with Gasteiger partial charge in [-0.05, 0) is 50.9 Å². The zero-order valence-corrected chi connectivity index (χ0v) is 52.0. The maximum atomic E-state index is 16.1. The highest BCUT2D eigenvalue weighted by atomic mass is 31.2. The van der Waals surface area contributed by atoms with Crippen LogP contribution >= 0.6 is 31.3 Å². The van der Waals surface area contributed by atoms with Crippen LogP contribution in [0.25, 0.3) is 0 Å². The fraction of sp³-hybridized carbons (Fsp3) is 0.258. The number of hydrogen-bond acceptors (Lipinski definition) is 18. The van der Waals surface area contributed by atoms with Crippen LogP contribution in [0.3, 0.4) is 0 Å². The molecule has 0 radical (unpaired) electrons. The second kappa shape index (κ2) is 33.5. The third kappa shape index (κ3) is 21.2. The third-order valence-corrected chi connectivity index (χ3v) is 19.1. The summed E-state index contributed by atoms with van der Waals surface area (Å²) in [6.07, 6.45) is -10.2. The minimum Gasteiger partial charge on any atom is -0.459 e. The molecular formula is C66H70O18P4. The predicted octanol–water partition coefficient (Wildman–Crippen LogP) is 16.8. The molecule has 0 unspecified atom stereocenters. The number of carbonyl (C=O) groups excluding carboxylic acids is 1. The van der Waals surface area contributed by atoms with Crippen LogP contribution in [-0.2, 0) is 135 Å². The minimum atomic E-state index is -5.16. The van der Waals surface area contributed by atoms with Gasteiger partial charge in [0.25, 0.3) is 0 Å². The van der Waals surface area contributed by atoms with Crippen LogP contribution in [0, 0.1) is 0 Å². The van der Waals surface area contributed by atoms with Crippen LogP contribution in [0.2, 0.25) is 0 Å². The first-order chi connectivity index (χ1) is 42.8. The molecule has 0 aliphatic heterocycles. The molecule has 5 atom stereocenters. The average molecular weight is 1280 g/mol. The highest BCUT2D eigenvalue weighted by Crippen LogP contribution is 2.63. The molecule has 1 aliphatic rings. The smallest absolute Gasteiger partial charge is 0.459 e. The molecule has 0 saturated heterocycles. The lowest BCUT2D eigenvalue weighted by Gasteiger charge is -2.46. The maximum absolute atomic E-state index is 16.1. The molecule has 0 heterocycles. The van der Waals surface area contributed by atoms with Gasteiger partial charge in [0, 0.05) is 12.8 Å². The number of hydrogen-bond donors (Lipinski definition) is 0. The lowest BCUT2D eigenvalue weighted by Crippen LogP contribution is -2.59. The summed E-state index contributed by atoms with van der Waals surface area (Å²) in [7, 11) is -20.3. The number of carbonyl (C=O) groups is 1. The van der Waals surface area contributed by atoms with Crippen LogP contribution < -0.4 is 0 Å². The molecule has 8 aromatic rings. The van der Waals surface area contributed by atoms with Crippen molar-refractivity contribution >= 4 is 37.3 Å². The zero-order valence-electron chi connectivity index (χ0n) is 48.4. The predicted molar refractivity (Wildman–Crippen MR) is 329 cm³/mol. The average Bonchev–Trinajstić information content (AvgIpc) is 1.02. The monoisotopic (exact) mass is 1270 g/mol. The fourth-order valence-corrected chi connectivity index (χ4v) is 14.4. The van der Waals surface area contributed by atoms with E-state index in [0.29, 0.717) is 50.9 Å². The molecule has 0 spiro atoms. The molecule has 1 saturated carbocycles. The summed E-state index contributed by atoms with van der Waals surface area (Å²) in [4.78, 5) is 14.2. The molecule has 0 aromatic heterocycles. The van der Waals surface area contributed by atoms with Crippen molar-refractivity contribution in [2.45, 2.75) is 110 Å². The molecule has 1 aliphatic carbocycles. The number of rotatable bonds is 35. The van der Waals surface area contributed by atoms with E-state index in [1.165, 1.54) is 0 Å². The van der Waals surface area contributed by atoms with Crippen LogP contribution in [-0.4, -0.2) is 36.5 Å². The summed E-state index contributed by atoms with van der Waals surface area (Å²) in [6, 6.07) is 70.3. The van der Waals surface area contributed by atoms with Crippen molar-refractivity contribution in [2.24, 2.45) is 0 Å². The third-order valence-electron chi connectivity index (χ3n) is 13.5. The molecule has 1 fully saturated rings. The summed E-state index contributed by atoms with van der Waals surface area (Å²) >= 11 is 0. The molecule has 462 valence electrons. The van der Waals surface area contributed by atoms with Gasteiger partial charge < -0.3 is 4.74 Å². The van der Waals surface area contributed by atoms with E-state index in [0.717, 1.165) is 0 Å². The molecule has 88 heavy (non-hydrogen) atoms. The van der Waals surface area contributed by atoms with Crippen molar-refractivity contribution < 1.29 is 82.1 Å². The maximum Gasteiger partial charge on any atom is 0.475 e. The number of phosphoric ester groups is 4. The van der Waals surface area contributed by atoms with E-state index in [2.05, 4.69) is 0 Å². The van der Waals surface area contributed by atoms with Gasteiger partial charge >= 0.3 is 37.3 Å². The van der Waals surface area contributed by atoms with Crippen molar-refractivity contribution in [3.63, 3.8) is 0 Å². The Kier molecular flexibility index (Phi) is 25.1. The Bertz CT molecular complexity index is 3340. The second-order valence-corrected chi connectivity index (χ2v) is 26.7. The Balaban J connectivity index is 1.23. The van der Waals surface area contributed by atoms with Gasteiger partial charge in [0.2, 0.25) is 0 Å². The van der Waals surface area contributed by atoms with Crippen molar-refractivity contribution in [3.05, 3.63) is 287 Å². The summed E-state index contributed by atoms with van der Waals surface area (Å²) in [5.41, 5.74) is 4.47. The number of benzene rings is 8. The van der Waals surface area contributed by atoms with E-state index >= 15 is 18.3 Å². The Labute approximate surface area is 513 Å². The van der Waals surface area contributed by atoms with E-state index in [9.17, 15) is 4.79 Å². The van der Waals surface area contributed by atoms with Gasteiger partial charge in [-0.1, -0.05) is 250 Å². The van der Waals surface area contributed by atoms with E-state index in [-0.39, 0.29) is 59.3 Å². The SMILES string of the molecule is CCCC(=O)O[C@@H]1C[C@H](OP(=O)(OCc2ccccc2)OCc2ccccc2)[C@@H](OP(=O)(OCc2ccccc2)OCc2ccccc2)[C@H](OP(=O)(OCc2ccccc2)OCc2ccccc2)[C@H]1OP(=O)(OCc1ccccc1)OCc1ccccc1. The standard InChI is InChI=1S/C66H70O18P4/c1-2-27-63(67)80-61-44-62(81-85(68,72-45-53-28-11-3-12-29-53)73-46-54-30-13-4-14-31-54)65(83-87(70,76-49-57-36-19-7-20-37-57)77-50-58-38-21-8-22-39-58)66(84-88(71,78-51-59-40-23-9-24-41-59)79-52-60-42-25-10-26-43-60)64(61)82-86(69,74-47-55-32-15-5-16-33-55)75-48-56-34-17-6-18-35-56/h3-26,28-43,61-62,64-66H,2,27,44-52H2,1H3/t61-,62+,64+,65-,66-/m1/s1. The van der Waals surface area contributed by atoms with Gasteiger partial charge in [0.15, 0.2) is 0 Å². The van der Waals surface area contributed by atoms with E-state index in [4.69, 9.17) is 59.0 Å². The van der Waals surface area contributed by atoms with Gasteiger partial charge in [-0.25, -0.2) is 18.3 Å². The first-order valence-corrected chi connectivity index (χ1v) is 34.5. The molecule has 22 heteroatoms. The number of phosphoric acid groups is 4. The van der Waals surface area contributed by atoms with Crippen molar-refractivity contribution in [1.29, 1.82) is 0 Å². The van der Waals surface area contributed by atoms with E-state index < -0.39 is 74.2 Å². The molecule has 0 amide bonds. The van der Waals surface area contributed by atoms with Gasteiger partial charge in [0.1, 0.15) is 30.5 Å². The molecule has 0 N–H and O–H groups in total. The van der Waals surface area contributed by atoms with Crippen LogP contribution in [0.4, 0.5) is 0 Å². The molecule has 8 aromatic carbocycles. The highest BCUT2D eigenvalue weighted by molar-refractivity contribution is 7.49. The van der Waals surface area contributed by atoms with Gasteiger partial charge in [-0.2, -0.15) is 0 Å². The highest BCUT2D eigenvalue weighted by Gasteiger charge is 2.59. The minimum absolute atomic E-state index is 0.138. The number of esters is 1. The van der Waals surface area contributed by atoms with Gasteiger partial charge in [0.05, 0.1) is 52.9 Å². The van der Waals surface area contributed by atoms with Crippen molar-refractivity contribution in [2.75, 3.05) is 0 Å². The summed E-state index contributed by atoms with van der Waals surface area (Å²) in [5.74, 6) is -0.779. The van der Waals surface area contributed by atoms with E-state index in [1.807, 2.05) is 0 Å². The number of ether oxygens (including phenoxy) is 1. The molecule has 0 bridgehead atoms. The normalized spacial score (nSPS) is 17.3. The van der Waals surface area contributed by atoms with Crippen LogP contribution in [0.5, 0.6) is 0 Å². The fourth-order valence-electron chi connectivity index (χ4n) is 8.96.